The van der Waals surface area contributed by atoms with Gasteiger partial charge in [0.25, 0.3) is 0 Å². The number of nitrogens with one attached hydrogen (secondary N) is 1. The molecule has 0 aliphatic carbocycles. The van der Waals surface area contributed by atoms with Crippen molar-refractivity contribution in [2.75, 3.05) is 5.32 Å². The Morgan fingerprint density at radius 1 is 1.06 bits per heavy atom. The number of hydrogen-bond donors (Lipinski definition) is 2. The zero-order chi connectivity index (χ0) is 12.1. The van der Waals surface area contributed by atoms with E-state index in [-0.39, 0.29) is 5.82 Å². The van der Waals surface area contributed by atoms with Crippen LogP contribution in [0.5, 0.6) is 0 Å². The van der Waals surface area contributed by atoms with Crippen molar-refractivity contribution in [3.05, 3.63) is 59.5 Å². The summed E-state index contributed by atoms with van der Waals surface area (Å²) >= 11 is 0. The Morgan fingerprint density at radius 3 is 2.35 bits per heavy atom. The lowest BCUT2D eigenvalue weighted by Gasteiger charge is -2.06. The van der Waals surface area contributed by atoms with Crippen molar-refractivity contribution >= 4 is 5.82 Å². The van der Waals surface area contributed by atoms with Crippen LogP contribution in [-0.4, -0.2) is 4.98 Å². The molecule has 1 aromatic heterocycles. The number of benzene rings is 1. The number of hydrogen-bond acceptors (Lipinski definition) is 3. The van der Waals surface area contributed by atoms with Crippen LogP contribution in [0.15, 0.2) is 42.6 Å². The lowest BCUT2D eigenvalue weighted by molar-refractivity contribution is 0.621. The van der Waals surface area contributed by atoms with Crippen LogP contribution in [0.2, 0.25) is 0 Å². The molecule has 0 saturated carbocycles. The minimum Gasteiger partial charge on any atom is -0.366 e. The second-order valence-electron chi connectivity index (χ2n) is 3.74. The van der Waals surface area contributed by atoms with Gasteiger partial charge in [0.2, 0.25) is 0 Å². The van der Waals surface area contributed by atoms with Gasteiger partial charge in [-0.1, -0.05) is 24.3 Å². The minimum absolute atomic E-state index is 0.331. The topological polar surface area (TPSA) is 50.9 Å². The molecule has 0 bridgehead atoms. The Hall–Kier alpha value is -1.94. The summed E-state index contributed by atoms with van der Waals surface area (Å²) in [6.45, 7) is 1.21. The molecule has 0 saturated heterocycles. The first-order valence-electron chi connectivity index (χ1n) is 5.41. The molecule has 0 unspecified atom stereocenters. The zero-order valence-electron chi connectivity index (χ0n) is 9.36. The average molecular weight is 231 g/mol. The van der Waals surface area contributed by atoms with E-state index in [9.17, 15) is 4.39 Å². The first-order chi connectivity index (χ1) is 8.28. The van der Waals surface area contributed by atoms with Crippen molar-refractivity contribution in [1.29, 1.82) is 0 Å². The van der Waals surface area contributed by atoms with E-state index in [0.29, 0.717) is 18.9 Å². The number of halogens is 1. The molecule has 1 aromatic carbocycles. The van der Waals surface area contributed by atoms with Crippen LogP contribution in [0, 0.1) is 5.82 Å². The molecule has 3 N–H and O–H groups in total. The number of rotatable bonds is 4. The van der Waals surface area contributed by atoms with E-state index in [1.807, 2.05) is 24.3 Å². The third kappa shape index (κ3) is 3.26. The first-order valence-corrected chi connectivity index (χ1v) is 5.41. The van der Waals surface area contributed by atoms with Crippen molar-refractivity contribution in [2.24, 2.45) is 5.73 Å². The predicted molar refractivity (Wildman–Crippen MR) is 65.9 cm³/mol. The highest BCUT2D eigenvalue weighted by Crippen LogP contribution is 2.08. The second kappa shape index (κ2) is 5.41. The molecule has 2 aromatic rings. The van der Waals surface area contributed by atoms with Crippen molar-refractivity contribution in [3.63, 3.8) is 0 Å². The summed E-state index contributed by atoms with van der Waals surface area (Å²) in [6, 6.07) is 11.0. The van der Waals surface area contributed by atoms with Crippen molar-refractivity contribution in [2.45, 2.75) is 13.1 Å². The van der Waals surface area contributed by atoms with Gasteiger partial charge in [0.1, 0.15) is 11.6 Å². The summed E-state index contributed by atoms with van der Waals surface area (Å²) in [5.74, 6) is 0.331. The van der Waals surface area contributed by atoms with E-state index in [4.69, 9.17) is 5.73 Å². The maximum atomic E-state index is 12.6. The maximum Gasteiger partial charge on any atom is 0.141 e. The largest absolute Gasteiger partial charge is 0.366 e. The zero-order valence-corrected chi connectivity index (χ0v) is 9.36. The van der Waals surface area contributed by atoms with Gasteiger partial charge >= 0.3 is 0 Å². The van der Waals surface area contributed by atoms with E-state index >= 15 is 0 Å². The molecule has 1 heterocycles. The van der Waals surface area contributed by atoms with Crippen LogP contribution < -0.4 is 11.1 Å². The number of nitrogens with zero attached hydrogens (tertiary/aromatic N) is 1. The molecule has 17 heavy (non-hydrogen) atoms. The van der Waals surface area contributed by atoms with Crippen molar-refractivity contribution in [3.8, 4) is 0 Å². The van der Waals surface area contributed by atoms with Crippen LogP contribution >= 0.6 is 0 Å². The number of anilines is 1. The number of aromatic nitrogens is 1. The average Bonchev–Trinajstić information content (AvgIpc) is 2.39. The summed E-state index contributed by atoms with van der Waals surface area (Å²) in [4.78, 5) is 3.92. The Morgan fingerprint density at radius 2 is 1.76 bits per heavy atom. The third-order valence-electron chi connectivity index (χ3n) is 2.46. The highest BCUT2D eigenvalue weighted by Gasteiger charge is 1.96. The summed E-state index contributed by atoms with van der Waals surface area (Å²) < 4.78 is 12.6. The van der Waals surface area contributed by atoms with Crippen LogP contribution in [0.25, 0.3) is 0 Å². The van der Waals surface area contributed by atoms with E-state index in [2.05, 4.69) is 10.3 Å². The molecule has 88 valence electrons. The number of nitrogens with two attached hydrogens (primary N) is 1. The Labute approximate surface area is 99.5 Å². The van der Waals surface area contributed by atoms with Crippen molar-refractivity contribution < 1.29 is 4.39 Å². The third-order valence-corrected chi connectivity index (χ3v) is 2.46. The van der Waals surface area contributed by atoms with Gasteiger partial charge in [0, 0.05) is 13.1 Å². The highest BCUT2D eigenvalue weighted by atomic mass is 19.1. The molecule has 0 aliphatic heterocycles. The quantitative estimate of drug-likeness (QED) is 0.848. The summed E-state index contributed by atoms with van der Waals surface area (Å²) in [6.07, 6.45) is 1.19. The maximum absolute atomic E-state index is 12.6. The van der Waals surface area contributed by atoms with Crippen LogP contribution in [0.1, 0.15) is 11.1 Å². The van der Waals surface area contributed by atoms with Gasteiger partial charge < -0.3 is 11.1 Å². The molecule has 2 rings (SSSR count). The van der Waals surface area contributed by atoms with Gasteiger partial charge in [-0.3, -0.25) is 0 Å². The summed E-state index contributed by atoms with van der Waals surface area (Å²) in [5, 5.41) is 3.12. The molecule has 0 amide bonds. The van der Waals surface area contributed by atoms with Gasteiger partial charge in [-0.25, -0.2) is 9.37 Å². The van der Waals surface area contributed by atoms with Gasteiger partial charge in [-0.2, -0.15) is 0 Å². The normalized spacial score (nSPS) is 10.2. The van der Waals surface area contributed by atoms with E-state index < -0.39 is 0 Å². The first kappa shape index (κ1) is 11.5. The SMILES string of the molecule is NCc1ccc(CNc2ccc(F)cn2)cc1. The predicted octanol–water partition coefficient (Wildman–Crippen LogP) is 2.29. The lowest BCUT2D eigenvalue weighted by Crippen LogP contribution is -2.02. The van der Waals surface area contributed by atoms with E-state index in [1.165, 1.54) is 12.3 Å². The Kier molecular flexibility index (Phi) is 3.67. The van der Waals surface area contributed by atoms with Crippen LogP contribution in [0.4, 0.5) is 10.2 Å². The lowest BCUT2D eigenvalue weighted by atomic mass is 10.1. The van der Waals surface area contributed by atoms with Gasteiger partial charge in [-0.05, 0) is 23.3 Å². The van der Waals surface area contributed by atoms with Gasteiger partial charge in [0.05, 0.1) is 6.20 Å². The molecule has 0 radical (unpaired) electrons. The molecule has 0 atom stereocenters. The summed E-state index contributed by atoms with van der Waals surface area (Å²) in [5.41, 5.74) is 7.76. The smallest absolute Gasteiger partial charge is 0.141 e. The molecule has 0 aliphatic rings. The van der Waals surface area contributed by atoms with Crippen LogP contribution in [0.3, 0.4) is 0 Å². The fraction of sp³-hybridized carbons (Fsp3) is 0.154. The highest BCUT2D eigenvalue weighted by molar-refractivity contribution is 5.35. The Bertz CT molecular complexity index is 465. The molecule has 0 spiro atoms. The summed E-state index contributed by atoms with van der Waals surface area (Å²) in [7, 11) is 0. The van der Waals surface area contributed by atoms with Gasteiger partial charge in [0.15, 0.2) is 0 Å². The molecule has 3 nitrogen and oxygen atoms in total. The van der Waals surface area contributed by atoms with Crippen LogP contribution in [-0.2, 0) is 13.1 Å². The molecular formula is C13H14FN3. The molecule has 0 fully saturated rings. The second-order valence-corrected chi connectivity index (χ2v) is 3.74. The standard InChI is InChI=1S/C13H14FN3/c14-12-5-6-13(17-9-12)16-8-11-3-1-10(7-15)2-4-11/h1-6,9H,7-8,15H2,(H,16,17). The fourth-order valence-corrected chi connectivity index (χ4v) is 1.47. The number of pyridine rings is 1. The minimum atomic E-state index is -0.331. The monoisotopic (exact) mass is 231 g/mol. The van der Waals surface area contributed by atoms with Gasteiger partial charge in [-0.15, -0.1) is 0 Å². The van der Waals surface area contributed by atoms with E-state index in [1.54, 1.807) is 6.07 Å². The fourth-order valence-electron chi connectivity index (χ4n) is 1.47. The molecular weight excluding hydrogens is 217 g/mol. The Balaban J connectivity index is 1.95. The van der Waals surface area contributed by atoms with E-state index in [0.717, 1.165) is 11.1 Å². The molecule has 4 heteroatoms. The van der Waals surface area contributed by atoms with Crippen molar-refractivity contribution in [1.82, 2.24) is 4.98 Å².